The van der Waals surface area contributed by atoms with Gasteiger partial charge >= 0.3 is 5.97 Å². The predicted molar refractivity (Wildman–Crippen MR) is 140 cm³/mol. The number of nitrogens with zero attached hydrogens (tertiary/aromatic N) is 2. The number of benzene rings is 3. The van der Waals surface area contributed by atoms with Crippen LogP contribution in [0.25, 0.3) is 22.2 Å². The summed E-state index contributed by atoms with van der Waals surface area (Å²) in [6.45, 7) is 4.49. The molecule has 0 aliphatic rings. The highest BCUT2D eigenvalue weighted by Crippen LogP contribution is 2.29. The molecule has 2 N–H and O–H groups in total. The molecule has 0 fully saturated rings. The minimum Gasteiger partial charge on any atom is -0.478 e. The Kier molecular flexibility index (Phi) is 7.60. The van der Waals surface area contributed by atoms with E-state index in [1.807, 2.05) is 73.7 Å². The van der Waals surface area contributed by atoms with Gasteiger partial charge in [-0.3, -0.25) is 4.79 Å². The van der Waals surface area contributed by atoms with Gasteiger partial charge in [0.15, 0.2) is 0 Å². The SMILES string of the molecule is CCCCc1nc2ccc(NC(=O)CCC)cc2n1Cc1cccc(-c2ccccc2)c1C(=O)O. The van der Waals surface area contributed by atoms with Crippen LogP contribution in [-0.4, -0.2) is 26.5 Å². The zero-order valence-corrected chi connectivity index (χ0v) is 20.3. The number of nitrogens with one attached hydrogen (secondary N) is 1. The summed E-state index contributed by atoms with van der Waals surface area (Å²) in [6.07, 6.45) is 4.06. The van der Waals surface area contributed by atoms with Gasteiger partial charge in [0.25, 0.3) is 0 Å². The zero-order valence-electron chi connectivity index (χ0n) is 20.3. The van der Waals surface area contributed by atoms with E-state index in [9.17, 15) is 14.7 Å². The first-order chi connectivity index (χ1) is 17.0. The largest absolute Gasteiger partial charge is 0.478 e. The number of hydrogen-bond acceptors (Lipinski definition) is 3. The van der Waals surface area contributed by atoms with E-state index < -0.39 is 5.97 Å². The molecule has 0 atom stereocenters. The van der Waals surface area contributed by atoms with E-state index in [0.717, 1.165) is 59.4 Å². The highest BCUT2D eigenvalue weighted by atomic mass is 16.4. The number of carboxylic acid groups (broad SMARTS) is 1. The van der Waals surface area contributed by atoms with Gasteiger partial charge in [0.05, 0.1) is 23.1 Å². The van der Waals surface area contributed by atoms with Crippen LogP contribution in [0.2, 0.25) is 0 Å². The lowest BCUT2D eigenvalue weighted by Crippen LogP contribution is -2.12. The molecule has 0 aliphatic heterocycles. The van der Waals surface area contributed by atoms with Crippen LogP contribution in [-0.2, 0) is 17.8 Å². The average molecular weight is 470 g/mol. The standard InChI is InChI=1S/C29H31N3O3/c1-3-5-15-26-31-24-17-16-22(30-27(33)10-4-2)18-25(24)32(26)19-21-13-9-14-23(28(21)29(34)35)20-11-7-6-8-12-20/h6-9,11-14,16-18H,3-5,10,15,19H2,1-2H3,(H,30,33)(H,34,35). The summed E-state index contributed by atoms with van der Waals surface area (Å²) >= 11 is 0. The van der Waals surface area contributed by atoms with Crippen molar-refractivity contribution in [1.82, 2.24) is 9.55 Å². The van der Waals surface area contributed by atoms with E-state index in [4.69, 9.17) is 4.98 Å². The monoisotopic (exact) mass is 469 g/mol. The predicted octanol–water partition coefficient (Wildman–Crippen LogP) is 6.53. The van der Waals surface area contributed by atoms with Gasteiger partial charge in [-0.2, -0.15) is 0 Å². The lowest BCUT2D eigenvalue weighted by molar-refractivity contribution is -0.116. The first-order valence-electron chi connectivity index (χ1n) is 12.2. The summed E-state index contributed by atoms with van der Waals surface area (Å²) in [4.78, 5) is 29.5. The van der Waals surface area contributed by atoms with Gasteiger partial charge < -0.3 is 15.0 Å². The van der Waals surface area contributed by atoms with Crippen molar-refractivity contribution in [2.75, 3.05) is 5.32 Å². The molecule has 0 aliphatic carbocycles. The first kappa shape index (κ1) is 24.2. The summed E-state index contributed by atoms with van der Waals surface area (Å²) < 4.78 is 2.09. The molecule has 0 radical (unpaired) electrons. The molecule has 4 aromatic rings. The smallest absolute Gasteiger partial charge is 0.336 e. The van der Waals surface area contributed by atoms with Crippen molar-refractivity contribution in [3.05, 3.63) is 83.7 Å². The fourth-order valence-corrected chi connectivity index (χ4v) is 4.42. The molecule has 0 bridgehead atoms. The van der Waals surface area contributed by atoms with Gasteiger partial charge in [0, 0.05) is 18.5 Å². The normalized spacial score (nSPS) is 11.0. The van der Waals surface area contributed by atoms with Crippen molar-refractivity contribution in [3.63, 3.8) is 0 Å². The molecular weight excluding hydrogens is 438 g/mol. The third kappa shape index (κ3) is 5.43. The summed E-state index contributed by atoms with van der Waals surface area (Å²) in [5, 5.41) is 13.1. The van der Waals surface area contributed by atoms with Crippen LogP contribution in [0.1, 0.15) is 61.3 Å². The van der Waals surface area contributed by atoms with Gasteiger partial charge in [0.2, 0.25) is 5.91 Å². The number of aromatic nitrogens is 2. The maximum atomic E-state index is 12.4. The molecule has 1 heterocycles. The minimum absolute atomic E-state index is 0.0205. The van der Waals surface area contributed by atoms with Crippen LogP contribution in [0.15, 0.2) is 66.7 Å². The van der Waals surface area contributed by atoms with E-state index in [2.05, 4.69) is 16.8 Å². The Balaban J connectivity index is 1.81. The molecule has 6 nitrogen and oxygen atoms in total. The van der Waals surface area contributed by atoms with E-state index in [1.165, 1.54) is 0 Å². The molecule has 4 rings (SSSR count). The molecule has 6 heteroatoms. The van der Waals surface area contributed by atoms with Crippen LogP contribution < -0.4 is 5.32 Å². The Bertz CT molecular complexity index is 1340. The van der Waals surface area contributed by atoms with Crippen LogP contribution in [0, 0.1) is 0 Å². The van der Waals surface area contributed by atoms with E-state index in [0.29, 0.717) is 24.1 Å². The Labute approximate surface area is 205 Å². The van der Waals surface area contributed by atoms with Gasteiger partial charge in [-0.05, 0) is 47.7 Å². The summed E-state index contributed by atoms with van der Waals surface area (Å²) in [6, 6.07) is 21.0. The molecule has 1 aromatic heterocycles. The van der Waals surface area contributed by atoms with Gasteiger partial charge in [-0.25, -0.2) is 9.78 Å². The molecule has 180 valence electrons. The number of rotatable bonds is 10. The van der Waals surface area contributed by atoms with Crippen LogP contribution in [0.3, 0.4) is 0 Å². The van der Waals surface area contributed by atoms with Crippen molar-refractivity contribution in [2.45, 2.75) is 52.5 Å². The maximum Gasteiger partial charge on any atom is 0.336 e. The number of amides is 1. The van der Waals surface area contributed by atoms with E-state index >= 15 is 0 Å². The van der Waals surface area contributed by atoms with Gasteiger partial charge in [-0.1, -0.05) is 68.8 Å². The summed E-state index contributed by atoms with van der Waals surface area (Å²) in [5.41, 5.74) is 5.02. The lowest BCUT2D eigenvalue weighted by atomic mass is 9.95. The zero-order chi connectivity index (χ0) is 24.8. The molecule has 0 saturated heterocycles. The van der Waals surface area contributed by atoms with E-state index in [1.54, 1.807) is 0 Å². The highest BCUT2D eigenvalue weighted by molar-refractivity contribution is 5.98. The van der Waals surface area contributed by atoms with E-state index in [-0.39, 0.29) is 5.91 Å². The molecule has 0 unspecified atom stereocenters. The van der Waals surface area contributed by atoms with Crippen LogP contribution in [0.5, 0.6) is 0 Å². The second-order valence-electron chi connectivity index (χ2n) is 8.73. The number of hydrogen-bond donors (Lipinski definition) is 2. The Morgan fingerprint density at radius 1 is 0.971 bits per heavy atom. The third-order valence-electron chi connectivity index (χ3n) is 6.12. The highest BCUT2D eigenvalue weighted by Gasteiger charge is 2.19. The fourth-order valence-electron chi connectivity index (χ4n) is 4.42. The minimum atomic E-state index is -0.952. The van der Waals surface area contributed by atoms with Crippen LogP contribution >= 0.6 is 0 Å². The van der Waals surface area contributed by atoms with Gasteiger partial charge in [0.1, 0.15) is 5.82 Å². The number of carbonyl (C=O) groups is 2. The lowest BCUT2D eigenvalue weighted by Gasteiger charge is -2.15. The average Bonchev–Trinajstić information content (AvgIpc) is 3.19. The topological polar surface area (TPSA) is 84.2 Å². The van der Waals surface area contributed by atoms with Crippen molar-refractivity contribution < 1.29 is 14.7 Å². The number of carbonyl (C=O) groups excluding carboxylic acids is 1. The molecule has 35 heavy (non-hydrogen) atoms. The number of imidazole rings is 1. The van der Waals surface area contributed by atoms with Crippen molar-refractivity contribution in [2.24, 2.45) is 0 Å². The number of unbranched alkanes of at least 4 members (excludes halogenated alkanes) is 1. The maximum absolute atomic E-state index is 12.4. The summed E-state index contributed by atoms with van der Waals surface area (Å²) in [5.74, 6) is -0.0558. The molecule has 3 aromatic carbocycles. The third-order valence-corrected chi connectivity index (χ3v) is 6.12. The molecular formula is C29H31N3O3. The molecule has 0 saturated carbocycles. The van der Waals surface area contributed by atoms with Crippen molar-refractivity contribution in [3.8, 4) is 11.1 Å². The molecule has 0 spiro atoms. The summed E-state index contributed by atoms with van der Waals surface area (Å²) in [7, 11) is 0. The number of anilines is 1. The second-order valence-corrected chi connectivity index (χ2v) is 8.73. The first-order valence-corrected chi connectivity index (χ1v) is 12.2. The number of fused-ring (bicyclic) bond motifs is 1. The number of carboxylic acids is 1. The number of aryl methyl sites for hydroxylation is 1. The van der Waals surface area contributed by atoms with Crippen molar-refractivity contribution in [1.29, 1.82) is 0 Å². The Morgan fingerprint density at radius 2 is 1.77 bits per heavy atom. The van der Waals surface area contributed by atoms with Gasteiger partial charge in [-0.15, -0.1) is 0 Å². The fraction of sp³-hybridized carbons (Fsp3) is 0.276. The van der Waals surface area contributed by atoms with Crippen molar-refractivity contribution >= 4 is 28.6 Å². The Hall–Kier alpha value is -3.93. The number of aromatic carboxylic acids is 1. The van der Waals surface area contributed by atoms with Crippen LogP contribution in [0.4, 0.5) is 5.69 Å². The quantitative estimate of drug-likeness (QED) is 0.276. The molecule has 1 amide bonds. The second kappa shape index (κ2) is 11.0. The Morgan fingerprint density at radius 3 is 2.49 bits per heavy atom.